The minimum absolute atomic E-state index is 0.485. The molecule has 3 nitrogen and oxygen atoms in total. The van der Waals surface area contributed by atoms with Crippen molar-refractivity contribution in [2.24, 2.45) is 10.7 Å². The van der Waals surface area contributed by atoms with Gasteiger partial charge in [0.2, 0.25) is 0 Å². The first kappa shape index (κ1) is 12.5. The topological polar surface area (TPSA) is 41.6 Å². The molecule has 0 aromatic heterocycles. The first-order chi connectivity index (χ1) is 8.08. The van der Waals surface area contributed by atoms with E-state index in [9.17, 15) is 0 Å². The van der Waals surface area contributed by atoms with Gasteiger partial charge in [0.1, 0.15) is 0 Å². The van der Waals surface area contributed by atoms with Crippen molar-refractivity contribution in [1.82, 2.24) is 4.90 Å². The quantitative estimate of drug-likeness (QED) is 0.679. The molecule has 1 aromatic carbocycles. The largest absolute Gasteiger partial charge is 0.370 e. The third-order valence-corrected chi connectivity index (χ3v) is 3.47. The van der Waals surface area contributed by atoms with Crippen molar-refractivity contribution in [2.75, 3.05) is 7.05 Å². The van der Waals surface area contributed by atoms with E-state index in [0.717, 1.165) is 5.56 Å². The number of halogens is 2. The van der Waals surface area contributed by atoms with Crippen LogP contribution >= 0.6 is 23.2 Å². The van der Waals surface area contributed by atoms with Crippen LogP contribution in [0.3, 0.4) is 0 Å². The molecule has 1 fully saturated rings. The second kappa shape index (κ2) is 5.15. The zero-order valence-electron chi connectivity index (χ0n) is 9.66. The van der Waals surface area contributed by atoms with E-state index in [1.807, 2.05) is 18.0 Å². The van der Waals surface area contributed by atoms with Crippen LogP contribution in [0.15, 0.2) is 23.2 Å². The molecule has 0 atom stereocenters. The molecule has 0 radical (unpaired) electrons. The summed E-state index contributed by atoms with van der Waals surface area (Å²) in [5.74, 6) is 0.568. The smallest absolute Gasteiger partial charge is 0.191 e. The Labute approximate surface area is 111 Å². The van der Waals surface area contributed by atoms with E-state index in [2.05, 4.69) is 4.99 Å². The van der Waals surface area contributed by atoms with Gasteiger partial charge in [0, 0.05) is 23.1 Å². The van der Waals surface area contributed by atoms with Gasteiger partial charge in [-0.15, -0.1) is 0 Å². The fraction of sp³-hybridized carbons (Fsp3) is 0.417. The Bertz CT molecular complexity index is 441. The van der Waals surface area contributed by atoms with Gasteiger partial charge in [0.25, 0.3) is 0 Å². The Morgan fingerprint density at radius 1 is 1.47 bits per heavy atom. The zero-order chi connectivity index (χ0) is 12.4. The Kier molecular flexibility index (Phi) is 3.79. The van der Waals surface area contributed by atoms with Gasteiger partial charge < -0.3 is 10.6 Å². The van der Waals surface area contributed by atoms with E-state index in [1.54, 1.807) is 12.1 Å². The molecule has 1 aromatic rings. The van der Waals surface area contributed by atoms with Gasteiger partial charge in [-0.3, -0.25) is 0 Å². The number of benzene rings is 1. The Morgan fingerprint density at radius 2 is 2.18 bits per heavy atom. The van der Waals surface area contributed by atoms with Crippen LogP contribution in [0.4, 0.5) is 0 Å². The highest BCUT2D eigenvalue weighted by atomic mass is 35.5. The summed E-state index contributed by atoms with van der Waals surface area (Å²) in [6.07, 6.45) is 2.41. The molecule has 0 amide bonds. The lowest BCUT2D eigenvalue weighted by Crippen LogP contribution is -2.35. The van der Waals surface area contributed by atoms with Crippen LogP contribution < -0.4 is 5.73 Å². The zero-order valence-corrected chi connectivity index (χ0v) is 11.2. The van der Waals surface area contributed by atoms with Crippen LogP contribution in [0.25, 0.3) is 0 Å². The normalized spacial score (nSPS) is 16.1. The molecule has 1 saturated carbocycles. The Hall–Kier alpha value is -0.930. The van der Waals surface area contributed by atoms with Gasteiger partial charge in [0.05, 0.1) is 6.54 Å². The summed E-state index contributed by atoms with van der Waals surface area (Å²) in [6, 6.07) is 5.96. The standard InChI is InChI=1S/C12H15Cl2N3/c1-17(10-4-5-10)12(15)16-7-8-2-3-9(13)6-11(8)14/h2-3,6,10H,4-5,7H2,1H3,(H2,15,16). The van der Waals surface area contributed by atoms with Gasteiger partial charge in [-0.1, -0.05) is 29.3 Å². The molecule has 5 heteroatoms. The average molecular weight is 272 g/mol. The summed E-state index contributed by atoms with van der Waals surface area (Å²) < 4.78 is 0. The fourth-order valence-electron chi connectivity index (χ4n) is 1.58. The molecule has 1 aliphatic rings. The third kappa shape index (κ3) is 3.27. The highest BCUT2D eigenvalue weighted by Gasteiger charge is 2.27. The van der Waals surface area contributed by atoms with E-state index in [0.29, 0.717) is 28.6 Å². The minimum Gasteiger partial charge on any atom is -0.370 e. The molecule has 0 bridgehead atoms. The van der Waals surface area contributed by atoms with Gasteiger partial charge >= 0.3 is 0 Å². The molecule has 2 N–H and O–H groups in total. The van der Waals surface area contributed by atoms with Crippen LogP contribution in [-0.4, -0.2) is 23.9 Å². The van der Waals surface area contributed by atoms with Crippen molar-refractivity contribution in [3.05, 3.63) is 33.8 Å². The summed E-state index contributed by atoms with van der Waals surface area (Å²) in [5.41, 5.74) is 6.83. The molecule has 17 heavy (non-hydrogen) atoms. The first-order valence-corrected chi connectivity index (χ1v) is 6.30. The van der Waals surface area contributed by atoms with E-state index in [-0.39, 0.29) is 0 Å². The summed E-state index contributed by atoms with van der Waals surface area (Å²) in [6.45, 7) is 0.485. The molecule has 0 unspecified atom stereocenters. The van der Waals surface area contributed by atoms with E-state index in [4.69, 9.17) is 28.9 Å². The third-order valence-electron chi connectivity index (χ3n) is 2.88. The van der Waals surface area contributed by atoms with Crippen LogP contribution in [0.1, 0.15) is 18.4 Å². The van der Waals surface area contributed by atoms with Crippen molar-refractivity contribution in [1.29, 1.82) is 0 Å². The number of nitrogens with zero attached hydrogens (tertiary/aromatic N) is 2. The van der Waals surface area contributed by atoms with E-state index in [1.165, 1.54) is 12.8 Å². The molecule has 92 valence electrons. The molecular weight excluding hydrogens is 257 g/mol. The summed E-state index contributed by atoms with van der Waals surface area (Å²) in [5, 5.41) is 1.26. The van der Waals surface area contributed by atoms with Crippen molar-refractivity contribution < 1.29 is 0 Å². The van der Waals surface area contributed by atoms with Gasteiger partial charge in [-0.2, -0.15) is 0 Å². The Morgan fingerprint density at radius 3 is 2.76 bits per heavy atom. The monoisotopic (exact) mass is 271 g/mol. The van der Waals surface area contributed by atoms with Crippen molar-refractivity contribution in [3.8, 4) is 0 Å². The maximum absolute atomic E-state index is 6.06. The number of rotatable bonds is 3. The number of nitrogens with two attached hydrogens (primary N) is 1. The number of guanidine groups is 1. The fourth-order valence-corrected chi connectivity index (χ4v) is 2.04. The molecule has 0 aliphatic heterocycles. The number of aliphatic imine (C=N–C) groups is 1. The van der Waals surface area contributed by atoms with Crippen LogP contribution in [0.2, 0.25) is 10.0 Å². The van der Waals surface area contributed by atoms with Crippen LogP contribution in [0.5, 0.6) is 0 Å². The highest BCUT2D eigenvalue weighted by Crippen LogP contribution is 2.25. The maximum Gasteiger partial charge on any atom is 0.191 e. The molecule has 0 heterocycles. The summed E-state index contributed by atoms with van der Waals surface area (Å²) in [4.78, 5) is 6.36. The lowest BCUT2D eigenvalue weighted by atomic mass is 10.2. The van der Waals surface area contributed by atoms with Gasteiger partial charge in [-0.05, 0) is 30.5 Å². The average Bonchev–Trinajstić information content (AvgIpc) is 3.10. The van der Waals surface area contributed by atoms with Crippen molar-refractivity contribution >= 4 is 29.2 Å². The molecular formula is C12H15Cl2N3. The lowest BCUT2D eigenvalue weighted by Gasteiger charge is -2.16. The SMILES string of the molecule is CN(C(N)=NCc1ccc(Cl)cc1Cl)C1CC1. The van der Waals surface area contributed by atoms with E-state index < -0.39 is 0 Å². The summed E-state index contributed by atoms with van der Waals surface area (Å²) >= 11 is 11.9. The Balaban J connectivity index is 2.02. The molecule has 2 rings (SSSR count). The number of hydrogen-bond acceptors (Lipinski definition) is 1. The van der Waals surface area contributed by atoms with Gasteiger partial charge in [0.15, 0.2) is 5.96 Å². The minimum atomic E-state index is 0.485. The summed E-state index contributed by atoms with van der Waals surface area (Å²) in [7, 11) is 1.97. The highest BCUT2D eigenvalue weighted by molar-refractivity contribution is 6.35. The van der Waals surface area contributed by atoms with Gasteiger partial charge in [-0.25, -0.2) is 4.99 Å². The molecule has 0 spiro atoms. The maximum atomic E-state index is 6.06. The van der Waals surface area contributed by atoms with Crippen LogP contribution in [0, 0.1) is 0 Å². The van der Waals surface area contributed by atoms with Crippen molar-refractivity contribution in [3.63, 3.8) is 0 Å². The second-order valence-corrected chi connectivity index (χ2v) is 5.10. The van der Waals surface area contributed by atoms with Crippen molar-refractivity contribution in [2.45, 2.75) is 25.4 Å². The molecule has 1 aliphatic carbocycles. The number of hydrogen-bond donors (Lipinski definition) is 1. The first-order valence-electron chi connectivity index (χ1n) is 5.54. The second-order valence-electron chi connectivity index (χ2n) is 4.25. The van der Waals surface area contributed by atoms with E-state index >= 15 is 0 Å². The lowest BCUT2D eigenvalue weighted by molar-refractivity contribution is 0.487. The predicted octanol–water partition coefficient (Wildman–Crippen LogP) is 2.90. The predicted molar refractivity (Wildman–Crippen MR) is 72.6 cm³/mol. The van der Waals surface area contributed by atoms with Crippen LogP contribution in [-0.2, 0) is 6.54 Å². The molecule has 0 saturated heterocycles.